The molecule has 194 valence electrons. The van der Waals surface area contributed by atoms with Gasteiger partial charge in [0.15, 0.2) is 5.65 Å². The van der Waals surface area contributed by atoms with Crippen molar-refractivity contribution in [2.45, 2.75) is 44.3 Å². The molecule has 9 heteroatoms. The minimum absolute atomic E-state index is 0.301. The van der Waals surface area contributed by atoms with Gasteiger partial charge in [0.25, 0.3) is 0 Å². The quantitative estimate of drug-likeness (QED) is 0.378. The molecule has 1 saturated heterocycles. The maximum Gasteiger partial charge on any atom is 0.164 e. The Bertz CT molecular complexity index is 1560. The molecule has 2 aromatic carbocycles. The first kappa shape index (κ1) is 23.3. The van der Waals surface area contributed by atoms with Crippen LogP contribution in [0.25, 0.3) is 33.2 Å². The lowest BCUT2D eigenvalue weighted by atomic mass is 9.90. The standard InChI is InChI=1S/C29H32N8O/c30-28-26-27(21-6-11-25-22(16-21)17-33-36(25)18-20-4-2-1-3-5-20)34-37(29(26)32-19-31-28)24-9-7-23(8-10-24)35-12-14-38-15-13-35/h1-6,11,16-17,19,23-24H,7-10,12-15,18H2,(H2,30,31,32). The van der Waals surface area contributed by atoms with E-state index in [0.29, 0.717) is 17.9 Å². The molecule has 0 radical (unpaired) electrons. The Labute approximate surface area is 221 Å². The van der Waals surface area contributed by atoms with Crippen LogP contribution in [0.2, 0.25) is 0 Å². The Balaban J connectivity index is 1.20. The maximum atomic E-state index is 6.42. The first-order chi connectivity index (χ1) is 18.7. The van der Waals surface area contributed by atoms with Gasteiger partial charge in [-0.25, -0.2) is 14.6 Å². The number of nitrogen functional groups attached to an aromatic ring is 1. The van der Waals surface area contributed by atoms with Gasteiger partial charge in [0, 0.05) is 30.1 Å². The second-order valence-corrected chi connectivity index (χ2v) is 10.4. The molecule has 1 saturated carbocycles. The maximum absolute atomic E-state index is 6.42. The Morgan fingerprint density at radius 3 is 2.53 bits per heavy atom. The summed E-state index contributed by atoms with van der Waals surface area (Å²) < 4.78 is 9.70. The number of aromatic nitrogens is 6. The zero-order chi connectivity index (χ0) is 25.5. The summed E-state index contributed by atoms with van der Waals surface area (Å²) in [5, 5.41) is 11.7. The number of nitrogens with two attached hydrogens (primary N) is 1. The van der Waals surface area contributed by atoms with Crippen molar-refractivity contribution in [2.75, 3.05) is 32.0 Å². The van der Waals surface area contributed by atoms with E-state index in [1.54, 1.807) is 6.33 Å². The Morgan fingerprint density at radius 2 is 1.71 bits per heavy atom. The monoisotopic (exact) mass is 508 g/mol. The van der Waals surface area contributed by atoms with Crippen LogP contribution >= 0.6 is 0 Å². The highest BCUT2D eigenvalue weighted by molar-refractivity contribution is 5.99. The normalized spacial score (nSPS) is 20.8. The summed E-state index contributed by atoms with van der Waals surface area (Å²) in [6.07, 6.45) is 7.95. The molecule has 0 bridgehead atoms. The van der Waals surface area contributed by atoms with Crippen molar-refractivity contribution in [3.05, 3.63) is 66.6 Å². The molecule has 0 unspecified atom stereocenters. The van der Waals surface area contributed by atoms with Gasteiger partial charge in [-0.05, 0) is 43.4 Å². The van der Waals surface area contributed by atoms with Gasteiger partial charge in [0.05, 0.1) is 42.9 Å². The first-order valence-electron chi connectivity index (χ1n) is 13.5. The van der Waals surface area contributed by atoms with Crippen LogP contribution in [0.15, 0.2) is 61.1 Å². The molecule has 0 atom stereocenters. The molecular weight excluding hydrogens is 476 g/mol. The molecular formula is C29H32N8O. The predicted molar refractivity (Wildman–Crippen MR) is 148 cm³/mol. The van der Waals surface area contributed by atoms with Gasteiger partial charge >= 0.3 is 0 Å². The van der Waals surface area contributed by atoms with Crippen molar-refractivity contribution in [1.29, 1.82) is 0 Å². The van der Waals surface area contributed by atoms with E-state index in [0.717, 1.165) is 91.7 Å². The molecule has 7 rings (SSSR count). The Kier molecular flexibility index (Phi) is 6.02. The summed E-state index contributed by atoms with van der Waals surface area (Å²) in [4.78, 5) is 11.6. The van der Waals surface area contributed by atoms with Crippen molar-refractivity contribution >= 4 is 27.8 Å². The van der Waals surface area contributed by atoms with Crippen LogP contribution in [0.5, 0.6) is 0 Å². The molecule has 4 heterocycles. The van der Waals surface area contributed by atoms with Crippen LogP contribution in [0.3, 0.4) is 0 Å². The SMILES string of the molecule is Nc1ncnc2c1c(-c1ccc3c(cnn3Cc3ccccc3)c1)nn2C1CCC(N2CCOCC2)CC1. The van der Waals surface area contributed by atoms with Crippen molar-refractivity contribution in [3.8, 4) is 11.3 Å². The van der Waals surface area contributed by atoms with Crippen LogP contribution in [-0.2, 0) is 11.3 Å². The third-order valence-corrected chi connectivity index (χ3v) is 8.18. The highest BCUT2D eigenvalue weighted by Gasteiger charge is 2.30. The molecule has 5 aromatic rings. The van der Waals surface area contributed by atoms with Gasteiger partial charge in [-0.2, -0.15) is 10.2 Å². The largest absolute Gasteiger partial charge is 0.383 e. The molecule has 2 N–H and O–H groups in total. The zero-order valence-electron chi connectivity index (χ0n) is 21.4. The second-order valence-electron chi connectivity index (χ2n) is 10.4. The van der Waals surface area contributed by atoms with Gasteiger partial charge in [0.2, 0.25) is 0 Å². The predicted octanol–water partition coefficient (Wildman–Crippen LogP) is 4.29. The molecule has 2 fully saturated rings. The highest BCUT2D eigenvalue weighted by atomic mass is 16.5. The summed E-state index contributed by atoms with van der Waals surface area (Å²) in [6.45, 7) is 4.50. The van der Waals surface area contributed by atoms with E-state index >= 15 is 0 Å². The fourth-order valence-electron chi connectivity index (χ4n) is 6.18. The van der Waals surface area contributed by atoms with E-state index in [9.17, 15) is 0 Å². The lowest BCUT2D eigenvalue weighted by Gasteiger charge is -2.38. The second kappa shape index (κ2) is 9.81. The van der Waals surface area contributed by atoms with E-state index in [-0.39, 0.29) is 0 Å². The summed E-state index contributed by atoms with van der Waals surface area (Å²) in [5.74, 6) is 0.470. The van der Waals surface area contributed by atoms with Gasteiger partial charge < -0.3 is 10.5 Å². The molecule has 1 aliphatic heterocycles. The zero-order valence-corrected chi connectivity index (χ0v) is 21.4. The van der Waals surface area contributed by atoms with Crippen LogP contribution in [0.1, 0.15) is 37.3 Å². The number of hydrogen-bond acceptors (Lipinski definition) is 7. The fraction of sp³-hybridized carbons (Fsp3) is 0.379. The summed E-state index contributed by atoms with van der Waals surface area (Å²) in [5.41, 5.74) is 11.4. The number of nitrogens with zero attached hydrogens (tertiary/aromatic N) is 7. The number of hydrogen-bond donors (Lipinski definition) is 1. The minimum atomic E-state index is 0.301. The minimum Gasteiger partial charge on any atom is -0.383 e. The van der Waals surface area contributed by atoms with E-state index in [1.807, 2.05) is 16.9 Å². The number of benzene rings is 2. The molecule has 1 aliphatic carbocycles. The number of rotatable bonds is 5. The Hall–Kier alpha value is -3.82. The summed E-state index contributed by atoms with van der Waals surface area (Å²) in [6, 6.07) is 17.7. The Morgan fingerprint density at radius 1 is 0.921 bits per heavy atom. The van der Waals surface area contributed by atoms with Crippen molar-refractivity contribution < 1.29 is 4.74 Å². The van der Waals surface area contributed by atoms with Gasteiger partial charge in [0.1, 0.15) is 17.8 Å². The number of ether oxygens (including phenoxy) is 1. The summed E-state index contributed by atoms with van der Waals surface area (Å²) >= 11 is 0. The number of fused-ring (bicyclic) bond motifs is 2. The molecule has 9 nitrogen and oxygen atoms in total. The third-order valence-electron chi connectivity index (χ3n) is 8.18. The van der Waals surface area contributed by atoms with E-state index in [2.05, 4.69) is 67.1 Å². The van der Waals surface area contributed by atoms with Gasteiger partial charge in [-0.1, -0.05) is 36.4 Å². The van der Waals surface area contributed by atoms with Gasteiger partial charge in [-0.15, -0.1) is 0 Å². The van der Waals surface area contributed by atoms with Crippen molar-refractivity contribution in [2.24, 2.45) is 0 Å². The smallest absolute Gasteiger partial charge is 0.164 e. The van der Waals surface area contributed by atoms with Crippen LogP contribution < -0.4 is 5.73 Å². The fourth-order valence-corrected chi connectivity index (χ4v) is 6.18. The van der Waals surface area contributed by atoms with Gasteiger partial charge in [-0.3, -0.25) is 9.58 Å². The molecule has 38 heavy (non-hydrogen) atoms. The van der Waals surface area contributed by atoms with Crippen LogP contribution in [0.4, 0.5) is 5.82 Å². The van der Waals surface area contributed by atoms with E-state index in [4.69, 9.17) is 15.6 Å². The first-order valence-corrected chi connectivity index (χ1v) is 13.5. The topological polar surface area (TPSA) is 99.9 Å². The number of anilines is 1. The average Bonchev–Trinajstić information content (AvgIpc) is 3.56. The average molecular weight is 509 g/mol. The van der Waals surface area contributed by atoms with Crippen molar-refractivity contribution in [3.63, 3.8) is 0 Å². The molecule has 3 aromatic heterocycles. The lowest BCUT2D eigenvalue weighted by Crippen LogP contribution is -2.45. The molecule has 0 amide bonds. The third kappa shape index (κ3) is 4.21. The lowest BCUT2D eigenvalue weighted by molar-refractivity contribution is 0.00520. The van der Waals surface area contributed by atoms with Crippen molar-refractivity contribution in [1.82, 2.24) is 34.4 Å². The van der Waals surface area contributed by atoms with Crippen LogP contribution in [-0.4, -0.2) is 66.8 Å². The van der Waals surface area contributed by atoms with E-state index < -0.39 is 0 Å². The highest BCUT2D eigenvalue weighted by Crippen LogP contribution is 2.37. The molecule has 0 spiro atoms. The number of morpholine rings is 1. The van der Waals surface area contributed by atoms with Crippen LogP contribution in [0, 0.1) is 0 Å². The summed E-state index contributed by atoms with van der Waals surface area (Å²) in [7, 11) is 0. The molecule has 2 aliphatic rings. The van der Waals surface area contributed by atoms with E-state index in [1.165, 1.54) is 5.56 Å².